The Balaban J connectivity index is 0.000000470. The van der Waals surface area contributed by atoms with Crippen LogP contribution in [-0.2, 0) is 25.6 Å². The van der Waals surface area contributed by atoms with Crippen LogP contribution in [0.5, 0.6) is 0 Å². The van der Waals surface area contributed by atoms with Gasteiger partial charge < -0.3 is 19.8 Å². The summed E-state index contributed by atoms with van der Waals surface area (Å²) in [7, 11) is -1.28. The largest absolute Gasteiger partial charge is 3.00 e. The zero-order valence-corrected chi connectivity index (χ0v) is 37.2. The van der Waals surface area contributed by atoms with Crippen LogP contribution in [0, 0.1) is 18.8 Å². The van der Waals surface area contributed by atoms with Crippen molar-refractivity contribution in [3.63, 3.8) is 0 Å². The zero-order valence-electron chi connectivity index (χ0n) is 32.8. The minimum atomic E-state index is -1.69. The maximum Gasteiger partial charge on any atom is 3.00 e. The molecule has 4 heterocycles. The molecule has 2 aliphatic rings. The Kier molecular flexibility index (Phi) is 11.7. The van der Waals surface area contributed by atoms with Gasteiger partial charge in [0, 0.05) is 31.2 Å². The van der Waals surface area contributed by atoms with Gasteiger partial charge in [-0.1, -0.05) is 98.7 Å². The SMILES string of the molecule is CN1C=CN([C@@]2(c3cccc(-c4[c-]cccc4)n3)c3[c-]cc([Si](C)(C)C)cc3N(c3ccccc3)c3cc([Si](C)(C)C)ccc32)[CH-]1.O=C(O)c1ccccn1.[Ir+3]. The smallest absolute Gasteiger partial charge is 0.511 e. The van der Waals surface area contributed by atoms with Gasteiger partial charge in [0.15, 0.2) is 0 Å². The van der Waals surface area contributed by atoms with Crippen LogP contribution in [-0.4, -0.2) is 54.0 Å². The van der Waals surface area contributed by atoms with Crippen LogP contribution in [0.15, 0.2) is 140 Å². The Bertz CT molecular complexity index is 2280. The Hall–Kier alpha value is -5.13. The molecule has 0 bridgehead atoms. The van der Waals surface area contributed by atoms with Crippen molar-refractivity contribution in [2.45, 2.75) is 44.8 Å². The number of carboxylic acids is 1. The first-order chi connectivity index (χ1) is 26.3. The minimum Gasteiger partial charge on any atom is -0.511 e. The maximum atomic E-state index is 10.1. The molecule has 7 nitrogen and oxygen atoms in total. The molecule has 0 aliphatic carbocycles. The number of pyridine rings is 2. The molecule has 0 saturated carbocycles. The number of carboxylic acid groups (broad SMARTS) is 1. The van der Waals surface area contributed by atoms with Crippen molar-refractivity contribution in [3.8, 4) is 11.3 Å². The molecule has 0 amide bonds. The summed E-state index contributed by atoms with van der Waals surface area (Å²) >= 11 is 0. The molecule has 56 heavy (non-hydrogen) atoms. The summed E-state index contributed by atoms with van der Waals surface area (Å²) in [6.45, 7) is 16.7. The number of anilines is 3. The van der Waals surface area contributed by atoms with Gasteiger partial charge in [-0.05, 0) is 61.5 Å². The van der Waals surface area contributed by atoms with Crippen molar-refractivity contribution in [2.24, 2.45) is 0 Å². The third kappa shape index (κ3) is 7.79. The fourth-order valence-electron chi connectivity index (χ4n) is 7.14. The van der Waals surface area contributed by atoms with Crippen LogP contribution in [0.2, 0.25) is 39.3 Å². The van der Waals surface area contributed by atoms with Gasteiger partial charge in [-0.25, -0.2) is 9.78 Å². The molecular formula is C46H46IrN5O2Si2. The van der Waals surface area contributed by atoms with E-state index in [-0.39, 0.29) is 25.8 Å². The van der Waals surface area contributed by atoms with Crippen LogP contribution in [0.3, 0.4) is 0 Å². The quantitative estimate of drug-likeness (QED) is 0.127. The molecule has 2 aliphatic heterocycles. The summed E-state index contributed by atoms with van der Waals surface area (Å²) in [6, 6.07) is 49.3. The van der Waals surface area contributed by atoms with E-state index in [0.29, 0.717) is 0 Å². The molecule has 1 atom stereocenters. The number of aromatic carboxylic acids is 1. The van der Waals surface area contributed by atoms with E-state index < -0.39 is 27.7 Å². The Morgan fingerprint density at radius 1 is 0.768 bits per heavy atom. The van der Waals surface area contributed by atoms with Gasteiger partial charge >= 0.3 is 26.1 Å². The van der Waals surface area contributed by atoms with Gasteiger partial charge in [-0.2, -0.15) is 24.0 Å². The number of aromatic nitrogens is 2. The third-order valence-corrected chi connectivity index (χ3v) is 14.1. The molecule has 0 fully saturated rings. The molecule has 0 radical (unpaired) electrons. The summed E-state index contributed by atoms with van der Waals surface area (Å²) in [6.07, 6.45) is 5.75. The number of hydrogen-bond acceptors (Lipinski definition) is 6. The number of rotatable bonds is 7. The van der Waals surface area contributed by atoms with Crippen LogP contribution in [0.25, 0.3) is 11.3 Å². The van der Waals surface area contributed by atoms with Gasteiger partial charge in [0.25, 0.3) is 0 Å². The predicted octanol–water partition coefficient (Wildman–Crippen LogP) is 9.13. The molecule has 2 aromatic heterocycles. The van der Waals surface area contributed by atoms with Gasteiger partial charge in [0.1, 0.15) is 5.69 Å². The molecule has 10 heteroatoms. The van der Waals surface area contributed by atoms with E-state index in [1.54, 1.807) is 12.1 Å². The van der Waals surface area contributed by atoms with Gasteiger partial charge in [-0.15, -0.1) is 47.5 Å². The maximum absolute atomic E-state index is 10.1. The summed E-state index contributed by atoms with van der Waals surface area (Å²) in [5.74, 6) is -0.990. The minimum absolute atomic E-state index is 0. The molecule has 1 N–H and O–H groups in total. The fraction of sp³-hybridized carbons (Fsp3) is 0.174. The van der Waals surface area contributed by atoms with Gasteiger partial charge in [-0.3, -0.25) is 4.98 Å². The molecule has 284 valence electrons. The first kappa shape index (κ1) is 40.5. The van der Waals surface area contributed by atoms with Crippen molar-refractivity contribution in [2.75, 3.05) is 11.9 Å². The molecule has 4 aromatic carbocycles. The second kappa shape index (κ2) is 16.2. The molecule has 0 saturated heterocycles. The van der Waals surface area contributed by atoms with Crippen molar-refractivity contribution < 1.29 is 30.0 Å². The Labute approximate surface area is 346 Å². The van der Waals surface area contributed by atoms with E-state index in [9.17, 15) is 4.79 Å². The fourth-order valence-corrected chi connectivity index (χ4v) is 9.36. The predicted molar refractivity (Wildman–Crippen MR) is 229 cm³/mol. The van der Waals surface area contributed by atoms with E-state index in [1.807, 2.05) is 12.1 Å². The summed E-state index contributed by atoms with van der Waals surface area (Å²) in [5, 5.41) is 11.1. The second-order valence-corrected chi connectivity index (χ2v) is 26.1. The third-order valence-electron chi connectivity index (χ3n) is 10.0. The van der Waals surface area contributed by atoms with Gasteiger partial charge in [0.2, 0.25) is 0 Å². The average Bonchev–Trinajstić information content (AvgIpc) is 3.63. The number of nitrogens with zero attached hydrogens (tertiary/aromatic N) is 5. The molecule has 0 unspecified atom stereocenters. The van der Waals surface area contributed by atoms with Crippen molar-refractivity contribution in [3.05, 3.63) is 181 Å². The molecular weight excluding hydrogens is 903 g/mol. The molecule has 0 spiro atoms. The second-order valence-electron chi connectivity index (χ2n) is 16.0. The summed E-state index contributed by atoms with van der Waals surface area (Å²) in [5.41, 5.74) is 7.89. The van der Waals surface area contributed by atoms with Crippen LogP contribution < -0.4 is 15.3 Å². The van der Waals surface area contributed by atoms with Crippen LogP contribution in [0.4, 0.5) is 17.1 Å². The van der Waals surface area contributed by atoms with Crippen molar-refractivity contribution >= 4 is 49.6 Å². The number of carbonyl (C=O) groups is 1. The zero-order chi connectivity index (χ0) is 39.0. The average molecular weight is 949 g/mol. The van der Waals surface area contributed by atoms with Crippen LogP contribution >= 0.6 is 0 Å². The number of para-hydroxylation sites is 1. The van der Waals surface area contributed by atoms with Gasteiger partial charge in [0.05, 0.1) is 19.3 Å². The van der Waals surface area contributed by atoms with Crippen LogP contribution in [0.1, 0.15) is 27.3 Å². The molecule has 6 aromatic rings. The van der Waals surface area contributed by atoms with E-state index >= 15 is 0 Å². The Morgan fingerprint density at radius 3 is 2.09 bits per heavy atom. The Morgan fingerprint density at radius 2 is 1.48 bits per heavy atom. The summed E-state index contributed by atoms with van der Waals surface area (Å²) < 4.78 is 0. The van der Waals surface area contributed by atoms with E-state index in [2.05, 4.69) is 188 Å². The number of benzene rings is 4. The first-order valence-electron chi connectivity index (χ1n) is 18.5. The summed E-state index contributed by atoms with van der Waals surface area (Å²) in [4.78, 5) is 26.1. The monoisotopic (exact) mass is 949 g/mol. The van der Waals surface area contributed by atoms with E-state index in [1.165, 1.54) is 33.9 Å². The normalized spacial score (nSPS) is 15.9. The topological polar surface area (TPSA) is 72.8 Å². The number of fused-ring (bicyclic) bond motifs is 2. The van der Waals surface area contributed by atoms with Crippen molar-refractivity contribution in [1.29, 1.82) is 0 Å². The van der Waals surface area contributed by atoms with E-state index in [0.717, 1.165) is 33.9 Å². The molecule has 8 rings (SSSR count). The standard InChI is InChI=1S/C40H41N4Si2.C6H5NO2.Ir/c1-42-25-26-43(29-42)40(39-20-14-19-36(41-39)30-15-10-8-11-16-30)34-23-21-32(45(2,3)4)27-37(34)44(31-17-12-9-13-18-31)38-28-33(46(5,6)7)22-24-35(38)40;8-6(9)5-3-1-2-4-7-5;/h8-15,17-23,25-29H,1-7H3;1-4H,(H,8,9);/q-3;;+3/t40-;;/m1../s1. The number of hydrogen-bond donors (Lipinski definition) is 1. The first-order valence-corrected chi connectivity index (χ1v) is 25.5. The van der Waals surface area contributed by atoms with E-state index in [4.69, 9.17) is 10.1 Å². The van der Waals surface area contributed by atoms with Crippen molar-refractivity contribution in [1.82, 2.24) is 19.8 Å².